The number of hydrogen-bond donors (Lipinski definition) is 3. The van der Waals surface area contributed by atoms with Crippen molar-refractivity contribution in [2.45, 2.75) is 38.4 Å². The predicted molar refractivity (Wildman–Crippen MR) is 77.4 cm³/mol. The van der Waals surface area contributed by atoms with Gasteiger partial charge in [-0.05, 0) is 13.3 Å². The molecule has 0 aliphatic carbocycles. The van der Waals surface area contributed by atoms with Gasteiger partial charge in [0.15, 0.2) is 0 Å². The summed E-state index contributed by atoms with van der Waals surface area (Å²) in [5.74, 6) is -0.919. The summed E-state index contributed by atoms with van der Waals surface area (Å²) in [6, 6.07) is 0. The molecule has 5 nitrogen and oxygen atoms in total. The molecule has 0 bridgehead atoms. The van der Waals surface area contributed by atoms with Gasteiger partial charge in [-0.3, -0.25) is 4.79 Å². The first-order valence-corrected chi connectivity index (χ1v) is 6.73. The van der Waals surface area contributed by atoms with E-state index in [9.17, 15) is 15.0 Å². The van der Waals surface area contributed by atoms with Crippen LogP contribution in [0.15, 0.2) is 36.5 Å². The zero-order valence-corrected chi connectivity index (χ0v) is 11.8. The highest BCUT2D eigenvalue weighted by atomic mass is 16.5. The molecule has 0 heterocycles. The van der Waals surface area contributed by atoms with Crippen molar-refractivity contribution in [1.29, 1.82) is 0 Å². The summed E-state index contributed by atoms with van der Waals surface area (Å²) in [5, 5.41) is 27.4. The van der Waals surface area contributed by atoms with Crippen LogP contribution < -0.4 is 0 Å². The van der Waals surface area contributed by atoms with Gasteiger partial charge in [0.25, 0.3) is 0 Å². The van der Waals surface area contributed by atoms with Gasteiger partial charge in [0.1, 0.15) is 0 Å². The number of carboxylic acids is 1. The van der Waals surface area contributed by atoms with E-state index in [0.717, 1.165) is 0 Å². The van der Waals surface area contributed by atoms with Crippen LogP contribution in [0.5, 0.6) is 0 Å². The van der Waals surface area contributed by atoms with Gasteiger partial charge < -0.3 is 20.1 Å². The standard InChI is InChI=1S/C15H24O5/c1-2-20-12-11-14(17)8-6-4-3-5-7-13(16)9-10-15(18)19/h3-8,13-14,16-17H,2,9-12H2,1H3,(H,18,19). The van der Waals surface area contributed by atoms with Gasteiger partial charge in [-0.15, -0.1) is 0 Å². The van der Waals surface area contributed by atoms with Crippen molar-refractivity contribution >= 4 is 5.97 Å². The van der Waals surface area contributed by atoms with Gasteiger partial charge in [-0.1, -0.05) is 36.5 Å². The van der Waals surface area contributed by atoms with E-state index in [1.165, 1.54) is 6.08 Å². The third-order valence-electron chi connectivity index (χ3n) is 2.42. The molecule has 2 unspecified atom stereocenters. The maximum absolute atomic E-state index is 10.3. The Labute approximate surface area is 119 Å². The van der Waals surface area contributed by atoms with Gasteiger partial charge in [-0.25, -0.2) is 0 Å². The normalized spacial score (nSPS) is 15.3. The molecular formula is C15H24O5. The molecule has 0 spiro atoms. The topological polar surface area (TPSA) is 87.0 Å². The zero-order chi connectivity index (χ0) is 15.2. The van der Waals surface area contributed by atoms with Gasteiger partial charge >= 0.3 is 5.97 Å². The third-order valence-corrected chi connectivity index (χ3v) is 2.42. The number of hydrogen-bond acceptors (Lipinski definition) is 4. The van der Waals surface area contributed by atoms with Crippen molar-refractivity contribution in [3.05, 3.63) is 36.5 Å². The molecule has 0 saturated carbocycles. The Morgan fingerprint density at radius 3 is 2.10 bits per heavy atom. The number of rotatable bonds is 11. The van der Waals surface area contributed by atoms with Crippen molar-refractivity contribution in [1.82, 2.24) is 0 Å². The molecule has 20 heavy (non-hydrogen) atoms. The maximum atomic E-state index is 10.3. The first-order chi connectivity index (χ1) is 9.56. The molecule has 0 radical (unpaired) electrons. The Hall–Kier alpha value is -1.43. The summed E-state index contributed by atoms with van der Waals surface area (Å²) in [5.41, 5.74) is 0. The van der Waals surface area contributed by atoms with E-state index in [4.69, 9.17) is 9.84 Å². The van der Waals surface area contributed by atoms with Crippen LogP contribution in [0.3, 0.4) is 0 Å². The van der Waals surface area contributed by atoms with Crippen LogP contribution in [0.4, 0.5) is 0 Å². The fraction of sp³-hybridized carbons (Fsp3) is 0.533. The Morgan fingerprint density at radius 2 is 1.60 bits per heavy atom. The van der Waals surface area contributed by atoms with Gasteiger partial charge in [0, 0.05) is 26.1 Å². The Morgan fingerprint density at radius 1 is 1.05 bits per heavy atom. The molecule has 0 fully saturated rings. The highest BCUT2D eigenvalue weighted by molar-refractivity contribution is 5.66. The van der Waals surface area contributed by atoms with E-state index in [2.05, 4.69) is 0 Å². The Bertz CT molecular complexity index is 333. The largest absolute Gasteiger partial charge is 0.481 e. The number of aliphatic carboxylic acids is 1. The third kappa shape index (κ3) is 13.0. The molecule has 0 aromatic rings. The number of allylic oxidation sites excluding steroid dienone is 4. The second-order valence-corrected chi connectivity index (χ2v) is 4.21. The molecule has 0 rings (SSSR count). The number of aliphatic hydroxyl groups is 2. The second kappa shape index (κ2) is 12.6. The molecule has 0 aromatic carbocycles. The lowest BCUT2D eigenvalue weighted by Gasteiger charge is -2.04. The second-order valence-electron chi connectivity index (χ2n) is 4.21. The highest BCUT2D eigenvalue weighted by Gasteiger charge is 2.02. The SMILES string of the molecule is CCOCCC(O)C=CC=CC=CC(O)CCC(=O)O. The van der Waals surface area contributed by atoms with Gasteiger partial charge in [0.05, 0.1) is 12.2 Å². The number of ether oxygens (including phenoxy) is 1. The van der Waals surface area contributed by atoms with E-state index >= 15 is 0 Å². The van der Waals surface area contributed by atoms with Crippen LogP contribution in [-0.4, -0.2) is 46.7 Å². The Kier molecular flexibility index (Phi) is 11.7. The van der Waals surface area contributed by atoms with E-state index in [1.807, 2.05) is 6.92 Å². The minimum absolute atomic E-state index is 0.0544. The summed E-state index contributed by atoms with van der Waals surface area (Å²) in [4.78, 5) is 10.3. The number of aliphatic hydroxyl groups excluding tert-OH is 2. The molecule has 0 saturated heterocycles. The van der Waals surface area contributed by atoms with Gasteiger partial charge in [0.2, 0.25) is 0 Å². The lowest BCUT2D eigenvalue weighted by molar-refractivity contribution is -0.137. The van der Waals surface area contributed by atoms with Crippen LogP contribution in [0, 0.1) is 0 Å². The average molecular weight is 284 g/mol. The van der Waals surface area contributed by atoms with E-state index in [0.29, 0.717) is 19.6 Å². The van der Waals surface area contributed by atoms with E-state index in [-0.39, 0.29) is 12.8 Å². The lowest BCUT2D eigenvalue weighted by Crippen LogP contribution is -2.06. The summed E-state index contributed by atoms with van der Waals surface area (Å²) < 4.78 is 5.12. The smallest absolute Gasteiger partial charge is 0.303 e. The van der Waals surface area contributed by atoms with E-state index in [1.54, 1.807) is 30.4 Å². The van der Waals surface area contributed by atoms with Crippen molar-refractivity contribution in [2.24, 2.45) is 0 Å². The van der Waals surface area contributed by atoms with E-state index < -0.39 is 18.2 Å². The van der Waals surface area contributed by atoms with Crippen LogP contribution in [-0.2, 0) is 9.53 Å². The molecule has 2 atom stereocenters. The lowest BCUT2D eigenvalue weighted by atomic mass is 10.2. The Balaban J connectivity index is 3.80. The maximum Gasteiger partial charge on any atom is 0.303 e. The quantitative estimate of drug-likeness (QED) is 0.397. The number of carbonyl (C=O) groups is 1. The summed E-state index contributed by atoms with van der Waals surface area (Å²) in [6.07, 6.45) is 9.39. The van der Waals surface area contributed by atoms with Crippen LogP contribution in [0.25, 0.3) is 0 Å². The van der Waals surface area contributed by atoms with Crippen LogP contribution in [0.2, 0.25) is 0 Å². The minimum atomic E-state index is -0.919. The van der Waals surface area contributed by atoms with Crippen LogP contribution >= 0.6 is 0 Å². The van der Waals surface area contributed by atoms with Crippen molar-refractivity contribution in [3.8, 4) is 0 Å². The molecule has 5 heteroatoms. The monoisotopic (exact) mass is 284 g/mol. The summed E-state index contributed by atoms with van der Waals surface area (Å²) >= 11 is 0. The number of carboxylic acid groups (broad SMARTS) is 1. The molecule has 0 amide bonds. The molecule has 114 valence electrons. The summed E-state index contributed by atoms with van der Waals surface area (Å²) in [7, 11) is 0. The molecule has 0 aromatic heterocycles. The van der Waals surface area contributed by atoms with Crippen molar-refractivity contribution in [2.75, 3.05) is 13.2 Å². The van der Waals surface area contributed by atoms with Crippen molar-refractivity contribution < 1.29 is 24.9 Å². The first-order valence-electron chi connectivity index (χ1n) is 6.73. The highest BCUT2D eigenvalue weighted by Crippen LogP contribution is 1.99. The molecule has 0 aliphatic heterocycles. The fourth-order valence-corrected chi connectivity index (χ4v) is 1.33. The average Bonchev–Trinajstić information content (AvgIpc) is 2.40. The molecule has 0 aliphatic rings. The first kappa shape index (κ1) is 18.6. The fourth-order valence-electron chi connectivity index (χ4n) is 1.33. The summed E-state index contributed by atoms with van der Waals surface area (Å²) in [6.45, 7) is 3.08. The zero-order valence-electron chi connectivity index (χ0n) is 11.8. The minimum Gasteiger partial charge on any atom is -0.481 e. The van der Waals surface area contributed by atoms with Crippen LogP contribution in [0.1, 0.15) is 26.2 Å². The van der Waals surface area contributed by atoms with Gasteiger partial charge in [-0.2, -0.15) is 0 Å². The van der Waals surface area contributed by atoms with Crippen molar-refractivity contribution in [3.63, 3.8) is 0 Å². The molecular weight excluding hydrogens is 260 g/mol. The predicted octanol–water partition coefficient (Wildman–Crippen LogP) is 1.67. The molecule has 3 N–H and O–H groups in total.